The molecule has 0 saturated carbocycles. The van der Waals surface area contributed by atoms with Crippen LogP contribution in [-0.2, 0) is 22.4 Å². The largest absolute Gasteiger partial charge is 0.598 e. The first kappa shape index (κ1) is 36.8. The summed E-state index contributed by atoms with van der Waals surface area (Å²) in [5, 5.41) is 16.1. The lowest BCUT2D eigenvalue weighted by Gasteiger charge is -2.36. The maximum absolute atomic E-state index is 13.0. The summed E-state index contributed by atoms with van der Waals surface area (Å²) >= 11 is -1.24. The van der Waals surface area contributed by atoms with Gasteiger partial charge >= 0.3 is 0 Å². The Hall–Kier alpha value is -3.04. The second-order valence-corrected chi connectivity index (χ2v) is 22.0. The van der Waals surface area contributed by atoms with Gasteiger partial charge in [0.1, 0.15) is 10.3 Å². The van der Waals surface area contributed by atoms with Crippen LogP contribution < -0.4 is 4.72 Å². The van der Waals surface area contributed by atoms with E-state index in [1.165, 1.54) is 0 Å². The van der Waals surface area contributed by atoms with Crippen LogP contribution in [0.1, 0.15) is 98.1 Å². The van der Waals surface area contributed by atoms with Gasteiger partial charge in [0.2, 0.25) is 0 Å². The quantitative estimate of drug-likeness (QED) is 0.0997. The van der Waals surface area contributed by atoms with Gasteiger partial charge in [-0.15, -0.1) is 4.72 Å². The zero-order valence-corrected chi connectivity index (χ0v) is 31.7. The van der Waals surface area contributed by atoms with Gasteiger partial charge < -0.3 is 14.1 Å². The molecule has 0 fully saturated rings. The first-order valence-corrected chi connectivity index (χ1v) is 20.4. The van der Waals surface area contributed by atoms with Crippen LogP contribution in [0.15, 0.2) is 54.7 Å². The van der Waals surface area contributed by atoms with Gasteiger partial charge in [0.05, 0.1) is 41.4 Å². The van der Waals surface area contributed by atoms with Crippen LogP contribution in [0.3, 0.4) is 0 Å². The van der Waals surface area contributed by atoms with E-state index in [1.807, 2.05) is 67.9 Å². The third-order valence-electron chi connectivity index (χ3n) is 8.39. The van der Waals surface area contributed by atoms with Crippen molar-refractivity contribution in [2.75, 3.05) is 0 Å². The van der Waals surface area contributed by atoms with Crippen LogP contribution in [0.5, 0.6) is 0 Å². The number of benzene rings is 1. The lowest BCUT2D eigenvalue weighted by molar-refractivity contribution is 0.143. The summed E-state index contributed by atoms with van der Waals surface area (Å²) in [5.41, 5.74) is 3.66. The van der Waals surface area contributed by atoms with Crippen molar-refractivity contribution < 1.29 is 14.1 Å². The fourth-order valence-corrected chi connectivity index (χ4v) is 6.38. The molecule has 2 atom stereocenters. The molecule has 1 aromatic carbocycles. The van der Waals surface area contributed by atoms with Crippen molar-refractivity contribution in [2.24, 2.45) is 0 Å². The molecular formula is C37H51N5O3SSi. The van der Waals surface area contributed by atoms with E-state index in [0.29, 0.717) is 12.4 Å². The number of pyridine rings is 2. The molecule has 1 unspecified atom stereocenters. The number of rotatable bonds is 10. The average Bonchev–Trinajstić information content (AvgIpc) is 3.42. The molecule has 4 aromatic rings. The van der Waals surface area contributed by atoms with Crippen molar-refractivity contribution >= 4 is 30.6 Å². The van der Waals surface area contributed by atoms with Gasteiger partial charge in [-0.05, 0) is 95.6 Å². The summed E-state index contributed by atoms with van der Waals surface area (Å²) in [6.45, 7) is 22.9. The van der Waals surface area contributed by atoms with Crippen LogP contribution in [0.4, 0.5) is 0 Å². The monoisotopic (exact) mass is 673 g/mol. The Labute approximate surface area is 285 Å². The van der Waals surface area contributed by atoms with Gasteiger partial charge in [-0.2, -0.15) is 5.10 Å². The summed E-state index contributed by atoms with van der Waals surface area (Å²) in [7, 11) is -1.96. The zero-order chi connectivity index (χ0) is 34.8. The average molecular weight is 674 g/mol. The standard InChI is InChI=1S/C37H51N5O3SSi/c1-12-15-32(41-46(44)35(2,3)4)31-18-14-17-30(40-31)27-22-26(20-21-37(8,9)43)29-24-38-42(33(29)23-27)34-19-13-16-28(39-34)25-45-47(10,11)36(5,6)7/h13-14,16-19,22-24,32,41,43H,12,15,25H2,1-11H3/t32-,46?/m0/s1. The van der Waals surface area contributed by atoms with Gasteiger partial charge in [-0.25, -0.2) is 9.67 Å². The number of hydrogen-bond donors (Lipinski definition) is 2. The summed E-state index contributed by atoms with van der Waals surface area (Å²) in [6.07, 6.45) is 3.51. The van der Waals surface area contributed by atoms with E-state index in [1.54, 1.807) is 20.0 Å². The van der Waals surface area contributed by atoms with E-state index in [2.05, 4.69) is 63.4 Å². The number of fused-ring (bicyclic) bond motifs is 1. The summed E-state index contributed by atoms with van der Waals surface area (Å²) in [4.78, 5) is 10.0. The van der Waals surface area contributed by atoms with Gasteiger partial charge in [-0.3, -0.25) is 4.98 Å². The van der Waals surface area contributed by atoms with Gasteiger partial charge in [0.15, 0.2) is 14.1 Å². The maximum Gasteiger partial charge on any atom is 0.192 e. The topological polar surface area (TPSA) is 108 Å². The van der Waals surface area contributed by atoms with E-state index in [0.717, 1.165) is 52.0 Å². The molecule has 0 saturated heterocycles. The summed E-state index contributed by atoms with van der Waals surface area (Å²) in [6, 6.07) is 15.7. The highest BCUT2D eigenvalue weighted by molar-refractivity contribution is 7.90. The Morgan fingerprint density at radius 2 is 1.72 bits per heavy atom. The van der Waals surface area contributed by atoms with Crippen molar-refractivity contribution in [1.82, 2.24) is 24.5 Å². The number of nitrogens with one attached hydrogen (secondary N) is 1. The number of aliphatic hydroxyl groups is 1. The summed E-state index contributed by atoms with van der Waals surface area (Å²) < 4.78 is 24.2. The molecule has 8 nitrogen and oxygen atoms in total. The lowest BCUT2D eigenvalue weighted by Crippen LogP contribution is -2.41. The van der Waals surface area contributed by atoms with E-state index >= 15 is 0 Å². The first-order valence-electron chi connectivity index (χ1n) is 16.3. The number of nitrogens with zero attached hydrogens (tertiary/aromatic N) is 4. The Morgan fingerprint density at radius 1 is 1.02 bits per heavy atom. The molecule has 10 heteroatoms. The van der Waals surface area contributed by atoms with Crippen molar-refractivity contribution in [3.05, 3.63) is 71.7 Å². The Kier molecular flexibility index (Phi) is 11.1. The molecule has 0 bridgehead atoms. The predicted molar refractivity (Wildman–Crippen MR) is 196 cm³/mol. The third kappa shape index (κ3) is 9.31. The molecule has 0 aliphatic rings. The van der Waals surface area contributed by atoms with Crippen LogP contribution >= 0.6 is 0 Å². The molecule has 3 aromatic heterocycles. The van der Waals surface area contributed by atoms with Gasteiger partial charge in [0.25, 0.3) is 0 Å². The van der Waals surface area contributed by atoms with Crippen LogP contribution in [0.25, 0.3) is 28.0 Å². The van der Waals surface area contributed by atoms with Crippen molar-refractivity contribution in [3.8, 4) is 28.9 Å². The fourth-order valence-electron chi connectivity index (χ4n) is 4.58. The minimum atomic E-state index is -1.96. The Balaban J connectivity index is 1.81. The first-order chi connectivity index (χ1) is 21.8. The van der Waals surface area contributed by atoms with Gasteiger partial charge in [0, 0.05) is 27.9 Å². The molecule has 2 N–H and O–H groups in total. The van der Waals surface area contributed by atoms with Crippen LogP contribution in [0, 0.1) is 11.8 Å². The predicted octanol–water partition coefficient (Wildman–Crippen LogP) is 8.02. The molecular weight excluding hydrogens is 623 g/mol. The third-order valence-corrected chi connectivity index (χ3v) is 14.5. The SMILES string of the molecule is CCC[C@H](N[S+]([O-])C(C)(C)C)c1cccc(-c2cc(C#CC(C)(C)O)c3cnn(-c4cccc(CO[Si](C)(C)C(C)(C)C)n4)c3c2)n1. The Bertz CT molecular complexity index is 1760. The molecule has 0 aliphatic carbocycles. The highest BCUT2D eigenvalue weighted by atomic mass is 32.2. The lowest BCUT2D eigenvalue weighted by atomic mass is 10.0. The normalized spacial score (nSPS) is 14.1. The second kappa shape index (κ2) is 14.2. The Morgan fingerprint density at radius 3 is 2.36 bits per heavy atom. The summed E-state index contributed by atoms with van der Waals surface area (Å²) in [5.74, 6) is 6.84. The molecule has 3 heterocycles. The van der Waals surface area contributed by atoms with Crippen LogP contribution in [0.2, 0.25) is 18.1 Å². The fraction of sp³-hybridized carbons (Fsp3) is 0.486. The van der Waals surface area contributed by atoms with E-state index in [-0.39, 0.29) is 11.1 Å². The minimum Gasteiger partial charge on any atom is -0.598 e. The molecule has 252 valence electrons. The highest BCUT2D eigenvalue weighted by Gasteiger charge is 2.37. The molecule has 0 radical (unpaired) electrons. The molecule has 4 rings (SSSR count). The molecule has 0 spiro atoms. The second-order valence-electron chi connectivity index (χ2n) is 15.1. The van der Waals surface area contributed by atoms with Crippen molar-refractivity contribution in [2.45, 2.75) is 116 Å². The zero-order valence-electron chi connectivity index (χ0n) is 29.9. The van der Waals surface area contributed by atoms with Gasteiger partial charge in [-0.1, -0.05) is 58.1 Å². The molecule has 0 aliphatic heterocycles. The maximum atomic E-state index is 13.0. The van der Waals surface area contributed by atoms with Crippen LogP contribution in [-0.4, -0.2) is 48.1 Å². The van der Waals surface area contributed by atoms with E-state index in [9.17, 15) is 9.66 Å². The van der Waals surface area contributed by atoms with E-state index in [4.69, 9.17) is 19.5 Å². The smallest absolute Gasteiger partial charge is 0.192 e. The molecule has 47 heavy (non-hydrogen) atoms. The highest BCUT2D eigenvalue weighted by Crippen LogP contribution is 2.37. The van der Waals surface area contributed by atoms with E-state index < -0.39 is 30.0 Å². The number of aromatic nitrogens is 4. The van der Waals surface area contributed by atoms with Crippen molar-refractivity contribution in [3.63, 3.8) is 0 Å². The number of hydrogen-bond acceptors (Lipinski definition) is 7. The molecule has 0 amide bonds. The minimum absolute atomic E-state index is 0.0986. The van der Waals surface area contributed by atoms with Crippen molar-refractivity contribution in [1.29, 1.82) is 0 Å².